The Morgan fingerprint density at radius 2 is 1.70 bits per heavy atom. The van der Waals surface area contributed by atoms with E-state index in [1.54, 1.807) is 26.0 Å². The Labute approximate surface area is 161 Å². The highest BCUT2D eigenvalue weighted by atomic mass is 32.2. The molecule has 0 spiro atoms. The van der Waals surface area contributed by atoms with Crippen LogP contribution in [0.15, 0.2) is 34.2 Å². The summed E-state index contributed by atoms with van der Waals surface area (Å²) in [5, 5.41) is 0. The maximum absolute atomic E-state index is 12.7. The smallest absolute Gasteiger partial charge is 0.285 e. The predicted octanol–water partition coefficient (Wildman–Crippen LogP) is 1.83. The number of sulfonamides is 2. The van der Waals surface area contributed by atoms with Crippen LogP contribution >= 0.6 is 0 Å². The van der Waals surface area contributed by atoms with Gasteiger partial charge < -0.3 is 4.90 Å². The van der Waals surface area contributed by atoms with E-state index in [1.165, 1.54) is 4.31 Å². The van der Waals surface area contributed by atoms with Gasteiger partial charge in [0.1, 0.15) is 10.7 Å². The van der Waals surface area contributed by atoms with E-state index in [9.17, 15) is 16.8 Å². The zero-order valence-corrected chi connectivity index (χ0v) is 17.5. The summed E-state index contributed by atoms with van der Waals surface area (Å²) in [6, 6.07) is 7.34. The molecule has 1 saturated heterocycles. The molecular formula is C18H25N3O4S2. The molecule has 1 fully saturated rings. The Morgan fingerprint density at radius 3 is 2.33 bits per heavy atom. The third-order valence-corrected chi connectivity index (χ3v) is 8.32. The lowest BCUT2D eigenvalue weighted by Crippen LogP contribution is -2.38. The third kappa shape index (κ3) is 3.95. The van der Waals surface area contributed by atoms with E-state index in [4.69, 9.17) is 0 Å². The van der Waals surface area contributed by atoms with Gasteiger partial charge in [0.2, 0.25) is 10.0 Å². The molecule has 0 saturated carbocycles. The molecule has 0 unspecified atom stereocenters. The van der Waals surface area contributed by atoms with Crippen molar-refractivity contribution >= 4 is 30.8 Å². The van der Waals surface area contributed by atoms with E-state index in [0.29, 0.717) is 49.6 Å². The summed E-state index contributed by atoms with van der Waals surface area (Å²) in [6.07, 6.45) is 0.630. The van der Waals surface area contributed by atoms with Crippen molar-refractivity contribution in [3.63, 3.8) is 0 Å². The monoisotopic (exact) mass is 411 g/mol. The summed E-state index contributed by atoms with van der Waals surface area (Å²) in [5.74, 6) is 0.500. The van der Waals surface area contributed by atoms with E-state index in [-0.39, 0.29) is 10.7 Å². The van der Waals surface area contributed by atoms with Crippen LogP contribution in [0.4, 0.5) is 0 Å². The second-order valence-electron chi connectivity index (χ2n) is 6.85. The van der Waals surface area contributed by atoms with Crippen molar-refractivity contribution in [2.24, 2.45) is 4.40 Å². The van der Waals surface area contributed by atoms with Crippen molar-refractivity contribution in [1.29, 1.82) is 0 Å². The summed E-state index contributed by atoms with van der Waals surface area (Å²) in [7, 11) is -7.01. The normalized spacial score (nSPS) is 21.3. The fraction of sp³-hybridized carbons (Fsp3) is 0.500. The molecule has 148 valence electrons. The third-order valence-electron chi connectivity index (χ3n) is 4.97. The van der Waals surface area contributed by atoms with Crippen LogP contribution in [0.25, 0.3) is 4.91 Å². The maximum atomic E-state index is 12.7. The Bertz CT molecular complexity index is 994. The Morgan fingerprint density at radius 1 is 1.04 bits per heavy atom. The highest BCUT2D eigenvalue weighted by Gasteiger charge is 2.34. The first-order valence-corrected chi connectivity index (χ1v) is 12.1. The molecule has 1 aromatic carbocycles. The van der Waals surface area contributed by atoms with Crippen molar-refractivity contribution in [2.75, 3.05) is 31.9 Å². The highest BCUT2D eigenvalue weighted by molar-refractivity contribution is 8.00. The Kier molecular flexibility index (Phi) is 5.47. The quantitative estimate of drug-likeness (QED) is 0.757. The lowest BCUT2D eigenvalue weighted by atomic mass is 10.1. The number of benzene rings is 1. The van der Waals surface area contributed by atoms with E-state index in [0.717, 1.165) is 5.56 Å². The Hall–Kier alpha value is -1.71. The van der Waals surface area contributed by atoms with Gasteiger partial charge in [-0.3, -0.25) is 0 Å². The first kappa shape index (κ1) is 20.0. The summed E-state index contributed by atoms with van der Waals surface area (Å²) in [5.41, 5.74) is 2.30. The number of rotatable bonds is 3. The van der Waals surface area contributed by atoms with Gasteiger partial charge in [0.25, 0.3) is 10.0 Å². The van der Waals surface area contributed by atoms with Crippen LogP contribution < -0.4 is 0 Å². The molecule has 3 rings (SSSR count). The SMILES string of the molecule is CCS(=O)(=O)N1CCCN(C2=NS(=O)(=O)C(c3ccc(C)cc3)=C2C)CC1. The minimum atomic E-state index is -3.77. The van der Waals surface area contributed by atoms with Crippen molar-refractivity contribution in [1.82, 2.24) is 9.21 Å². The van der Waals surface area contributed by atoms with Gasteiger partial charge in [0, 0.05) is 31.8 Å². The van der Waals surface area contributed by atoms with Gasteiger partial charge in [-0.25, -0.2) is 12.7 Å². The van der Waals surface area contributed by atoms with Crippen molar-refractivity contribution in [3.8, 4) is 0 Å². The number of hydrogen-bond acceptors (Lipinski definition) is 5. The largest absolute Gasteiger partial charge is 0.354 e. The molecule has 0 amide bonds. The summed E-state index contributed by atoms with van der Waals surface area (Å²) in [4.78, 5) is 2.12. The predicted molar refractivity (Wildman–Crippen MR) is 107 cm³/mol. The molecule has 0 bridgehead atoms. The zero-order chi connectivity index (χ0) is 19.8. The molecule has 2 heterocycles. The summed E-state index contributed by atoms with van der Waals surface area (Å²) < 4.78 is 55.2. The maximum Gasteiger partial charge on any atom is 0.285 e. The van der Waals surface area contributed by atoms with Crippen LogP contribution in [-0.2, 0) is 20.0 Å². The average Bonchev–Trinajstić information content (AvgIpc) is 2.79. The van der Waals surface area contributed by atoms with E-state index >= 15 is 0 Å². The molecular weight excluding hydrogens is 386 g/mol. The topological polar surface area (TPSA) is 87.1 Å². The molecule has 9 heteroatoms. The van der Waals surface area contributed by atoms with E-state index < -0.39 is 20.0 Å². The molecule has 7 nitrogen and oxygen atoms in total. The van der Waals surface area contributed by atoms with Crippen molar-refractivity contribution in [2.45, 2.75) is 27.2 Å². The molecule has 0 aromatic heterocycles. The summed E-state index contributed by atoms with van der Waals surface area (Å²) in [6.45, 7) is 7.12. The molecule has 2 aliphatic rings. The van der Waals surface area contributed by atoms with Crippen LogP contribution in [0.3, 0.4) is 0 Å². The number of nitrogens with zero attached hydrogens (tertiary/aromatic N) is 3. The number of aryl methyl sites for hydroxylation is 1. The summed E-state index contributed by atoms with van der Waals surface area (Å²) >= 11 is 0. The standard InChI is InChI=1S/C18H25N3O4S2/c1-4-26(22,23)21-11-5-10-20(12-13-21)18-15(3)17(27(24,25)19-18)16-8-6-14(2)7-9-16/h6-9H,4-5,10-13H2,1-3H3. The molecule has 1 aromatic rings. The molecule has 2 aliphatic heterocycles. The van der Waals surface area contributed by atoms with Crippen LogP contribution in [0.1, 0.15) is 31.4 Å². The lowest BCUT2D eigenvalue weighted by Gasteiger charge is -2.23. The van der Waals surface area contributed by atoms with Crippen LogP contribution in [0.2, 0.25) is 0 Å². The molecule has 0 atom stereocenters. The minimum Gasteiger partial charge on any atom is -0.354 e. The van der Waals surface area contributed by atoms with E-state index in [2.05, 4.69) is 4.40 Å². The van der Waals surface area contributed by atoms with Crippen LogP contribution in [0, 0.1) is 6.92 Å². The fourth-order valence-corrected chi connectivity index (χ4v) is 6.07. The van der Waals surface area contributed by atoms with Crippen LogP contribution in [-0.4, -0.2) is 63.8 Å². The van der Waals surface area contributed by atoms with Gasteiger partial charge in [0.05, 0.1) is 5.75 Å². The zero-order valence-electron chi connectivity index (χ0n) is 15.8. The molecule has 0 radical (unpaired) electrons. The van der Waals surface area contributed by atoms with Gasteiger partial charge >= 0.3 is 0 Å². The first-order valence-electron chi connectivity index (χ1n) is 9.02. The van der Waals surface area contributed by atoms with Gasteiger partial charge in [-0.15, -0.1) is 4.40 Å². The molecule has 27 heavy (non-hydrogen) atoms. The molecule has 0 N–H and O–H groups in total. The molecule has 0 aliphatic carbocycles. The van der Waals surface area contributed by atoms with Gasteiger partial charge in [-0.2, -0.15) is 8.42 Å². The fourth-order valence-electron chi connectivity index (χ4n) is 3.45. The minimum absolute atomic E-state index is 0.0683. The lowest BCUT2D eigenvalue weighted by molar-refractivity contribution is 0.408. The van der Waals surface area contributed by atoms with Gasteiger partial charge in [-0.1, -0.05) is 29.8 Å². The average molecular weight is 412 g/mol. The second-order valence-corrected chi connectivity index (χ2v) is 10.6. The second kappa shape index (κ2) is 7.37. The van der Waals surface area contributed by atoms with Crippen LogP contribution in [0.5, 0.6) is 0 Å². The van der Waals surface area contributed by atoms with E-state index in [1.807, 2.05) is 24.0 Å². The van der Waals surface area contributed by atoms with Crippen molar-refractivity contribution in [3.05, 3.63) is 41.0 Å². The highest BCUT2D eigenvalue weighted by Crippen LogP contribution is 2.34. The first-order chi connectivity index (χ1) is 12.7. The number of hydrogen-bond donors (Lipinski definition) is 0. The van der Waals surface area contributed by atoms with Gasteiger partial charge in [0.15, 0.2) is 0 Å². The van der Waals surface area contributed by atoms with Gasteiger partial charge in [-0.05, 0) is 32.8 Å². The number of amidine groups is 1. The van der Waals surface area contributed by atoms with Crippen molar-refractivity contribution < 1.29 is 16.8 Å². The Balaban J connectivity index is 1.90.